The minimum absolute atomic E-state index is 0.0766. The van der Waals surface area contributed by atoms with Crippen molar-refractivity contribution in [2.45, 2.75) is 31.8 Å². The summed E-state index contributed by atoms with van der Waals surface area (Å²) in [6.07, 6.45) is 7.70. The van der Waals surface area contributed by atoms with Crippen molar-refractivity contribution in [1.29, 1.82) is 0 Å². The molecule has 1 aliphatic rings. The van der Waals surface area contributed by atoms with Crippen molar-refractivity contribution in [3.05, 3.63) is 18.2 Å². The molecule has 5 nitrogen and oxygen atoms in total. The van der Waals surface area contributed by atoms with Gasteiger partial charge in [-0.1, -0.05) is 0 Å². The molecule has 0 radical (unpaired) electrons. The standard InChI is InChI=1S/C10H11N3O2S/c14-9(15-7-3-1-2-4-7)8-12-16-10-11-5-6-13(8)10/h5-7H,1-4H2. The van der Waals surface area contributed by atoms with E-state index in [2.05, 4.69) is 9.36 Å². The Morgan fingerprint density at radius 3 is 3.12 bits per heavy atom. The lowest BCUT2D eigenvalue weighted by molar-refractivity contribution is 0.0303. The van der Waals surface area contributed by atoms with E-state index in [1.54, 1.807) is 16.8 Å². The van der Waals surface area contributed by atoms with E-state index in [4.69, 9.17) is 4.74 Å². The summed E-state index contributed by atoms with van der Waals surface area (Å²) in [6.45, 7) is 0. The zero-order valence-corrected chi connectivity index (χ0v) is 9.44. The van der Waals surface area contributed by atoms with Gasteiger partial charge in [-0.2, -0.15) is 4.37 Å². The van der Waals surface area contributed by atoms with Gasteiger partial charge in [0.05, 0.1) is 0 Å². The molecule has 2 aromatic rings. The van der Waals surface area contributed by atoms with Gasteiger partial charge in [0.15, 0.2) is 0 Å². The van der Waals surface area contributed by atoms with E-state index < -0.39 is 0 Å². The predicted octanol–water partition coefficient (Wildman–Crippen LogP) is 1.89. The number of aromatic nitrogens is 3. The lowest BCUT2D eigenvalue weighted by Gasteiger charge is -2.09. The summed E-state index contributed by atoms with van der Waals surface area (Å²) in [6, 6.07) is 0. The van der Waals surface area contributed by atoms with Crippen LogP contribution in [-0.4, -0.2) is 25.8 Å². The summed E-state index contributed by atoms with van der Waals surface area (Å²) in [5.41, 5.74) is 0. The van der Waals surface area contributed by atoms with Gasteiger partial charge in [-0.25, -0.2) is 9.78 Å². The summed E-state index contributed by atoms with van der Waals surface area (Å²) in [7, 11) is 0. The van der Waals surface area contributed by atoms with Gasteiger partial charge in [0, 0.05) is 23.9 Å². The Kier molecular flexibility index (Phi) is 2.36. The summed E-state index contributed by atoms with van der Waals surface area (Å²) >= 11 is 1.21. The molecule has 0 N–H and O–H groups in total. The van der Waals surface area contributed by atoms with E-state index in [-0.39, 0.29) is 12.1 Å². The fourth-order valence-electron chi connectivity index (χ4n) is 1.99. The van der Waals surface area contributed by atoms with Gasteiger partial charge in [-0.05, 0) is 25.7 Å². The number of carbonyl (C=O) groups is 1. The van der Waals surface area contributed by atoms with Crippen LogP contribution in [0, 0.1) is 0 Å². The third-order valence-electron chi connectivity index (χ3n) is 2.81. The summed E-state index contributed by atoms with van der Waals surface area (Å²) in [5.74, 6) is 0.000509. The van der Waals surface area contributed by atoms with Crippen LogP contribution in [0.2, 0.25) is 0 Å². The number of fused-ring (bicyclic) bond motifs is 1. The Hall–Kier alpha value is -1.43. The Labute approximate surface area is 96.2 Å². The van der Waals surface area contributed by atoms with Gasteiger partial charge in [0.25, 0.3) is 0 Å². The van der Waals surface area contributed by atoms with Crippen molar-refractivity contribution in [3.63, 3.8) is 0 Å². The molecule has 1 fully saturated rings. The monoisotopic (exact) mass is 237 g/mol. The van der Waals surface area contributed by atoms with Crippen LogP contribution in [-0.2, 0) is 4.74 Å². The highest BCUT2D eigenvalue weighted by Gasteiger charge is 2.23. The molecule has 0 spiro atoms. The average Bonchev–Trinajstić information content (AvgIpc) is 2.92. The van der Waals surface area contributed by atoms with Crippen molar-refractivity contribution in [3.8, 4) is 0 Å². The lowest BCUT2D eigenvalue weighted by atomic mass is 10.3. The molecule has 1 saturated carbocycles. The van der Waals surface area contributed by atoms with E-state index in [0.717, 1.165) is 30.6 Å². The Balaban J connectivity index is 1.81. The normalized spacial score (nSPS) is 17.0. The SMILES string of the molecule is O=C(OC1CCCC1)c1nsc2nccn12. The number of rotatable bonds is 2. The van der Waals surface area contributed by atoms with E-state index >= 15 is 0 Å². The van der Waals surface area contributed by atoms with Gasteiger partial charge in [0.2, 0.25) is 10.8 Å². The molecule has 2 heterocycles. The number of hydrogen-bond donors (Lipinski definition) is 0. The maximum atomic E-state index is 11.8. The van der Waals surface area contributed by atoms with Crippen LogP contribution in [0.4, 0.5) is 0 Å². The summed E-state index contributed by atoms with van der Waals surface area (Å²) in [5, 5.41) is 0. The van der Waals surface area contributed by atoms with Crippen molar-refractivity contribution in [2.24, 2.45) is 0 Å². The van der Waals surface area contributed by atoms with Crippen LogP contribution in [0.15, 0.2) is 12.4 Å². The highest BCUT2D eigenvalue weighted by molar-refractivity contribution is 7.11. The number of hydrogen-bond acceptors (Lipinski definition) is 5. The van der Waals surface area contributed by atoms with Crippen LogP contribution in [0.25, 0.3) is 4.96 Å². The fraction of sp³-hybridized carbons (Fsp3) is 0.500. The molecule has 0 bridgehead atoms. The predicted molar refractivity (Wildman–Crippen MR) is 58.5 cm³/mol. The summed E-state index contributed by atoms with van der Waals surface area (Å²) < 4.78 is 11.1. The van der Waals surface area contributed by atoms with E-state index in [1.165, 1.54) is 11.5 Å². The first-order chi connectivity index (χ1) is 7.84. The van der Waals surface area contributed by atoms with Crippen LogP contribution in [0.3, 0.4) is 0 Å². The third kappa shape index (κ3) is 1.59. The van der Waals surface area contributed by atoms with E-state index in [1.807, 2.05) is 0 Å². The average molecular weight is 237 g/mol. The molecular formula is C10H11N3O2S. The molecule has 0 unspecified atom stereocenters. The molecule has 0 saturated heterocycles. The van der Waals surface area contributed by atoms with Gasteiger partial charge in [0.1, 0.15) is 6.10 Å². The van der Waals surface area contributed by atoms with Crippen LogP contribution < -0.4 is 0 Å². The number of ether oxygens (including phenoxy) is 1. The van der Waals surface area contributed by atoms with E-state index in [0.29, 0.717) is 5.82 Å². The molecule has 0 aromatic carbocycles. The maximum absolute atomic E-state index is 11.8. The summed E-state index contributed by atoms with van der Waals surface area (Å²) in [4.78, 5) is 16.6. The smallest absolute Gasteiger partial charge is 0.376 e. The Morgan fingerprint density at radius 2 is 2.31 bits per heavy atom. The van der Waals surface area contributed by atoms with Gasteiger partial charge >= 0.3 is 5.97 Å². The highest BCUT2D eigenvalue weighted by Crippen LogP contribution is 2.22. The topological polar surface area (TPSA) is 56.5 Å². The lowest BCUT2D eigenvalue weighted by Crippen LogP contribution is -2.16. The highest BCUT2D eigenvalue weighted by atomic mass is 32.1. The number of esters is 1. The number of imidazole rings is 1. The molecule has 2 aromatic heterocycles. The quantitative estimate of drug-likeness (QED) is 0.748. The van der Waals surface area contributed by atoms with Crippen molar-refractivity contribution in [1.82, 2.24) is 13.8 Å². The van der Waals surface area contributed by atoms with Crippen molar-refractivity contribution < 1.29 is 9.53 Å². The van der Waals surface area contributed by atoms with Crippen LogP contribution >= 0.6 is 11.5 Å². The van der Waals surface area contributed by atoms with Crippen LogP contribution in [0.5, 0.6) is 0 Å². The van der Waals surface area contributed by atoms with Gasteiger partial charge in [-0.3, -0.25) is 4.40 Å². The first-order valence-electron chi connectivity index (χ1n) is 5.34. The molecule has 6 heteroatoms. The van der Waals surface area contributed by atoms with Crippen molar-refractivity contribution in [2.75, 3.05) is 0 Å². The molecule has 3 rings (SSSR count). The first kappa shape index (κ1) is 9.77. The maximum Gasteiger partial charge on any atom is 0.376 e. The zero-order valence-electron chi connectivity index (χ0n) is 8.63. The van der Waals surface area contributed by atoms with Gasteiger partial charge in [-0.15, -0.1) is 0 Å². The number of carbonyl (C=O) groups excluding carboxylic acids is 1. The van der Waals surface area contributed by atoms with Gasteiger partial charge < -0.3 is 4.74 Å². The minimum Gasteiger partial charge on any atom is -0.456 e. The fourth-order valence-corrected chi connectivity index (χ4v) is 2.67. The second-order valence-corrected chi connectivity index (χ2v) is 4.63. The molecule has 0 aliphatic heterocycles. The van der Waals surface area contributed by atoms with Crippen molar-refractivity contribution >= 4 is 22.5 Å². The zero-order chi connectivity index (χ0) is 11.0. The van der Waals surface area contributed by atoms with Crippen LogP contribution in [0.1, 0.15) is 36.3 Å². The molecular weight excluding hydrogens is 226 g/mol. The molecule has 84 valence electrons. The third-order valence-corrected chi connectivity index (χ3v) is 3.54. The molecule has 1 aliphatic carbocycles. The number of nitrogens with zero attached hydrogens (tertiary/aromatic N) is 3. The Bertz CT molecular complexity index is 513. The van der Waals surface area contributed by atoms with E-state index in [9.17, 15) is 4.79 Å². The molecule has 16 heavy (non-hydrogen) atoms. The largest absolute Gasteiger partial charge is 0.456 e. The molecule has 0 atom stereocenters. The first-order valence-corrected chi connectivity index (χ1v) is 6.11. The second kappa shape index (κ2) is 3.86. The Morgan fingerprint density at radius 1 is 1.50 bits per heavy atom. The minimum atomic E-state index is -0.337. The second-order valence-electron chi connectivity index (χ2n) is 3.90. The molecule has 0 amide bonds.